The van der Waals surface area contributed by atoms with E-state index >= 15 is 9.59 Å². The van der Waals surface area contributed by atoms with Gasteiger partial charge in [-0.1, -0.05) is 165 Å². The molecule has 20 unspecified atom stereocenters. The molecule has 126 heavy (non-hydrogen) atoms. The molecule has 0 spiro atoms. The van der Waals surface area contributed by atoms with Crippen molar-refractivity contribution in [2.24, 2.45) is 47.3 Å². The molecular weight excluding hydrogens is 1620 g/mol. The molecule has 20 atom stereocenters. The van der Waals surface area contributed by atoms with Gasteiger partial charge in [0, 0.05) is 91.4 Å². The van der Waals surface area contributed by atoms with Gasteiger partial charge in [0.2, 0.25) is 47.3 Å². The van der Waals surface area contributed by atoms with Crippen molar-refractivity contribution >= 4 is 65.2 Å². The molecule has 0 aromatic heterocycles. The molecule has 9 N–H and O–H groups in total. The van der Waals surface area contributed by atoms with Gasteiger partial charge >= 0.3 is 6.09 Å². The zero-order chi connectivity index (χ0) is 92.2. The van der Waals surface area contributed by atoms with Gasteiger partial charge in [-0.2, -0.15) is 0 Å². The molecular formula is C94H155N11O21. The average molecular weight is 1780 g/mol. The van der Waals surface area contributed by atoms with Crippen LogP contribution in [0.3, 0.4) is 0 Å². The maximum atomic E-state index is 15.4. The van der Waals surface area contributed by atoms with Crippen molar-refractivity contribution in [1.29, 1.82) is 0 Å². The summed E-state index contributed by atoms with van der Waals surface area (Å²) in [4.78, 5) is 151. The van der Waals surface area contributed by atoms with Gasteiger partial charge in [0.1, 0.15) is 45.1 Å². The van der Waals surface area contributed by atoms with Crippen LogP contribution in [0.5, 0.6) is 5.75 Å². The maximum absolute atomic E-state index is 15.4. The Morgan fingerprint density at radius 2 is 0.611 bits per heavy atom. The molecule has 32 heteroatoms. The molecule has 6 rings (SSSR count). The fourth-order valence-electron chi connectivity index (χ4n) is 17.1. The van der Waals surface area contributed by atoms with Crippen LogP contribution >= 0.6 is 0 Å². The van der Waals surface area contributed by atoms with E-state index in [1.165, 1.54) is 45.9 Å². The first-order valence-corrected chi connectivity index (χ1v) is 46.9. The molecule has 2 aromatic rings. The Labute approximate surface area is 749 Å². The molecule has 0 bridgehead atoms. The van der Waals surface area contributed by atoms with Crippen molar-refractivity contribution in [3.63, 3.8) is 0 Å². The Kier molecular flexibility index (Phi) is 48.9. The summed E-state index contributed by atoms with van der Waals surface area (Å²) >= 11 is 0. The molecule has 11 amide bonds. The van der Waals surface area contributed by atoms with Gasteiger partial charge in [0.15, 0.2) is 25.2 Å². The van der Waals surface area contributed by atoms with Crippen molar-refractivity contribution in [2.75, 3.05) is 91.9 Å². The third-order valence-corrected chi connectivity index (χ3v) is 25.3. The van der Waals surface area contributed by atoms with Crippen LogP contribution in [0.4, 0.5) is 4.79 Å². The molecule has 4 aliphatic heterocycles. The molecule has 4 heterocycles. The molecule has 32 nitrogen and oxygen atoms in total. The fourth-order valence-corrected chi connectivity index (χ4v) is 17.1. The zero-order valence-corrected chi connectivity index (χ0v) is 78.4. The van der Waals surface area contributed by atoms with E-state index in [-0.39, 0.29) is 182 Å². The van der Waals surface area contributed by atoms with Gasteiger partial charge in [-0.3, -0.25) is 47.9 Å². The number of hydrogen-bond acceptors (Lipinski definition) is 21. The Bertz CT molecular complexity index is 3290. The minimum absolute atomic E-state index is 0.00196. The summed E-state index contributed by atoms with van der Waals surface area (Å²) in [5.74, 6) is -3.26. The van der Waals surface area contributed by atoms with Crippen LogP contribution in [-0.2, 0) is 87.6 Å². The number of carbonyl (C=O) groups excluding carboxylic acids is 11. The predicted molar refractivity (Wildman–Crippen MR) is 478 cm³/mol. The van der Waals surface area contributed by atoms with Gasteiger partial charge in [-0.05, 0) is 148 Å². The summed E-state index contributed by atoms with van der Waals surface area (Å²) in [6.07, 6.45) is 10.9. The second-order valence-electron chi connectivity index (χ2n) is 35.0. The molecule has 2 aromatic carbocycles. The highest BCUT2D eigenvalue weighted by atomic mass is 16.7. The quantitative estimate of drug-likeness (QED) is 0.0278. The monoisotopic (exact) mass is 1770 g/mol. The first-order chi connectivity index (χ1) is 60.4. The number of carbonyl (C=O) groups is 11. The van der Waals surface area contributed by atoms with Crippen molar-refractivity contribution in [3.8, 4) is 5.75 Å². The van der Waals surface area contributed by atoms with E-state index in [4.69, 9.17) is 47.4 Å². The number of hydrogen-bond donors (Lipinski definition) is 9. The minimum Gasteiger partial charge on any atom is -0.492 e. The number of nitrogens with one attached hydrogen (secondary N) is 9. The molecule has 4 aliphatic rings. The number of ether oxygens (including phenoxy) is 10. The number of nitrogens with zero attached hydrogens (tertiary/aromatic N) is 2. The van der Waals surface area contributed by atoms with E-state index in [0.29, 0.717) is 103 Å². The summed E-state index contributed by atoms with van der Waals surface area (Å²) in [5.41, 5.74) is 0.393. The smallest absolute Gasteiger partial charge is 0.407 e. The lowest BCUT2D eigenvalue weighted by molar-refractivity contribution is -0.236. The van der Waals surface area contributed by atoms with Crippen LogP contribution < -0.4 is 52.6 Å². The molecule has 4 saturated heterocycles. The van der Waals surface area contributed by atoms with E-state index in [0.717, 1.165) is 66.7 Å². The van der Waals surface area contributed by atoms with Crippen LogP contribution in [0.2, 0.25) is 0 Å². The van der Waals surface area contributed by atoms with Gasteiger partial charge in [-0.25, -0.2) is 4.79 Å². The summed E-state index contributed by atoms with van der Waals surface area (Å²) < 4.78 is 62.0. The Balaban J connectivity index is 1.19. The third kappa shape index (κ3) is 36.8. The lowest BCUT2D eigenvalue weighted by Gasteiger charge is -2.44. The normalized spacial score (nSPS) is 25.8. The van der Waals surface area contributed by atoms with E-state index in [9.17, 15) is 43.2 Å². The molecule has 0 aliphatic carbocycles. The van der Waals surface area contributed by atoms with Gasteiger partial charge < -0.3 is 105 Å². The van der Waals surface area contributed by atoms with Gasteiger partial charge in [-0.15, -0.1) is 0 Å². The highest BCUT2D eigenvalue weighted by molar-refractivity contribution is 6.04. The topological polar surface area (TPSA) is 395 Å². The van der Waals surface area contributed by atoms with Crippen molar-refractivity contribution < 1.29 is 100 Å². The Hall–Kier alpha value is -8.11. The molecule has 0 radical (unpaired) electrons. The SMILES string of the molecule is CCC1OC(OCCCCCCNC(=O)CN(CC(=O)NCCCCCCOC2OC(CC)C(C)C(C)C2NC(C)=O)C(=O)c2cc(OCCNC(=O)OCc3ccccc3)cc(C(=O)N(CC(=O)NCCCCCCOC3OC(CC)C(C)C(C)C3NC(C)=O)CC(=O)NCCCCCCOC3OC(CC)C(C)C(C)C3NC(C)=O)c2)C(NC(C)=O)C(C)C1C. The lowest BCUT2D eigenvalue weighted by Crippen LogP contribution is -2.57. The first-order valence-electron chi connectivity index (χ1n) is 46.9. The summed E-state index contributed by atoms with van der Waals surface area (Å²) in [6.45, 7) is 31.0. The third-order valence-electron chi connectivity index (χ3n) is 25.3. The first kappa shape index (κ1) is 107. The van der Waals surface area contributed by atoms with Crippen molar-refractivity contribution in [2.45, 2.75) is 320 Å². The lowest BCUT2D eigenvalue weighted by atomic mass is 9.81. The average Bonchev–Trinajstić information content (AvgIpc) is 0.822. The Morgan fingerprint density at radius 3 is 0.881 bits per heavy atom. The molecule has 0 saturated carbocycles. The van der Waals surface area contributed by atoms with Crippen LogP contribution in [0.1, 0.15) is 265 Å². The van der Waals surface area contributed by atoms with E-state index < -0.39 is 92.9 Å². The van der Waals surface area contributed by atoms with Crippen LogP contribution in [0, 0.1) is 47.3 Å². The largest absolute Gasteiger partial charge is 0.492 e. The maximum Gasteiger partial charge on any atom is 0.407 e. The number of rotatable bonds is 56. The van der Waals surface area contributed by atoms with E-state index in [1.807, 2.05) is 30.3 Å². The standard InChI is InChI=1S/C94H155N11O21/c1-17-76-60(5)64(9)84(100-68(13)106)90(123-76)118-47-36-25-21-32-42-95-80(110)55-104(56-81(111)96-43-33-22-26-37-48-119-91-85(101-69(14)107)65(10)61(6)77(18-2)124-91)88(114)73-52-74(54-75(53-73)117-51-46-99-94(116)122-59-72-40-30-29-31-41-72)89(115)105(57-82(112)97-44-34-23-27-38-49-120-92-86(102-70(15)108)66(11)62(7)78(19-3)125-92)58-83(113)98-45-35-24-28-39-50-121-93-87(103-71(16)109)67(12)63(8)79(20-4)126-93/h29-31,40-41,52-54,60-67,76-79,84-87,90-93H,17-28,32-39,42-51,55-59H2,1-16H3,(H,95,110)(H,96,111)(H,97,112)(H,98,113)(H,99,116)(H,100,106)(H,101,107)(H,102,108)(H,103,109). The number of benzene rings is 2. The zero-order valence-electron chi connectivity index (χ0n) is 78.4. The predicted octanol–water partition coefficient (Wildman–Crippen LogP) is 10.3. The second-order valence-corrected chi connectivity index (χ2v) is 35.0. The summed E-state index contributed by atoms with van der Waals surface area (Å²) in [7, 11) is 0. The summed E-state index contributed by atoms with van der Waals surface area (Å²) in [6, 6.07) is 11.9. The van der Waals surface area contributed by atoms with Gasteiger partial charge in [0.05, 0.1) is 55.1 Å². The molecule has 4 fully saturated rings. The van der Waals surface area contributed by atoms with Crippen LogP contribution in [-0.4, -0.2) is 241 Å². The summed E-state index contributed by atoms with van der Waals surface area (Å²) in [5, 5.41) is 26.4. The van der Waals surface area contributed by atoms with Gasteiger partial charge in [0.25, 0.3) is 11.8 Å². The number of amides is 11. The number of unbranched alkanes of at least 4 members (excludes halogenated alkanes) is 12. The highest BCUT2D eigenvalue weighted by Crippen LogP contribution is 2.37. The second kappa shape index (κ2) is 57.7. The van der Waals surface area contributed by atoms with Crippen LogP contribution in [0.15, 0.2) is 48.5 Å². The van der Waals surface area contributed by atoms with Crippen molar-refractivity contribution in [3.05, 3.63) is 65.2 Å². The van der Waals surface area contributed by atoms with Crippen molar-refractivity contribution in [1.82, 2.24) is 57.7 Å². The van der Waals surface area contributed by atoms with Crippen LogP contribution in [0.25, 0.3) is 0 Å². The minimum atomic E-state index is -0.840. The molecule has 712 valence electrons. The fraction of sp³-hybridized carbons (Fsp3) is 0.755. The van der Waals surface area contributed by atoms with E-state index in [2.05, 4.69) is 131 Å². The Morgan fingerprint density at radius 1 is 0.333 bits per heavy atom. The van der Waals surface area contributed by atoms with E-state index in [1.54, 1.807) is 0 Å². The number of alkyl carbamates (subject to hydrolysis) is 1. The highest BCUT2D eigenvalue weighted by Gasteiger charge is 2.46.